The van der Waals surface area contributed by atoms with Gasteiger partial charge < -0.3 is 15.8 Å². The molecular formula is C15H17N3O2. The molecule has 2 rings (SSSR count). The van der Waals surface area contributed by atoms with Gasteiger partial charge in [0.25, 0.3) is 0 Å². The third-order valence-corrected chi connectivity index (χ3v) is 2.95. The molecule has 0 aliphatic rings. The Balaban J connectivity index is 2.22. The van der Waals surface area contributed by atoms with Crippen molar-refractivity contribution in [1.82, 2.24) is 4.98 Å². The number of primary amides is 1. The molecule has 0 aliphatic heterocycles. The molecular weight excluding hydrogens is 254 g/mol. The smallest absolute Gasteiger partial charge is 0.244 e. The average Bonchev–Trinajstić information content (AvgIpc) is 2.46. The predicted octanol–water partition coefficient (Wildman–Crippen LogP) is 2.04. The number of benzene rings is 1. The van der Waals surface area contributed by atoms with E-state index in [1.807, 2.05) is 31.2 Å². The van der Waals surface area contributed by atoms with Crippen LogP contribution < -0.4 is 15.8 Å². The molecule has 1 aromatic heterocycles. The maximum atomic E-state index is 11.6. The third-order valence-electron chi connectivity index (χ3n) is 2.95. The van der Waals surface area contributed by atoms with Crippen LogP contribution in [0.25, 0.3) is 0 Å². The van der Waals surface area contributed by atoms with E-state index in [0.29, 0.717) is 11.4 Å². The Kier molecular flexibility index (Phi) is 4.20. The second kappa shape index (κ2) is 6.06. The van der Waals surface area contributed by atoms with Crippen molar-refractivity contribution in [3.63, 3.8) is 0 Å². The number of rotatable bonds is 5. The van der Waals surface area contributed by atoms with Crippen molar-refractivity contribution in [3.8, 4) is 5.88 Å². The maximum Gasteiger partial charge on any atom is 0.244 e. The lowest BCUT2D eigenvalue weighted by Crippen LogP contribution is -2.27. The molecule has 1 unspecified atom stereocenters. The second-order valence-electron chi connectivity index (χ2n) is 4.48. The minimum atomic E-state index is -0.629. The number of carbonyl (C=O) groups excluding carboxylic acids is 1. The zero-order chi connectivity index (χ0) is 14.5. The van der Waals surface area contributed by atoms with E-state index in [1.54, 1.807) is 18.3 Å². The van der Waals surface area contributed by atoms with Crippen molar-refractivity contribution in [1.29, 1.82) is 0 Å². The van der Waals surface area contributed by atoms with Crippen LogP contribution in [0, 0.1) is 6.92 Å². The summed E-state index contributed by atoms with van der Waals surface area (Å²) in [7, 11) is 1.54. The molecule has 5 nitrogen and oxygen atoms in total. The fourth-order valence-electron chi connectivity index (χ4n) is 1.82. The quantitative estimate of drug-likeness (QED) is 0.872. The van der Waals surface area contributed by atoms with E-state index in [9.17, 15) is 4.79 Å². The summed E-state index contributed by atoms with van der Waals surface area (Å²) in [5, 5.41) is 3.10. The van der Waals surface area contributed by atoms with Gasteiger partial charge in [0.1, 0.15) is 6.04 Å². The Bertz CT molecular complexity index is 579. The van der Waals surface area contributed by atoms with E-state index in [0.717, 1.165) is 11.3 Å². The van der Waals surface area contributed by atoms with Crippen LogP contribution in [0.2, 0.25) is 0 Å². The number of nitrogens with zero attached hydrogens (tertiary/aromatic N) is 1. The number of nitrogens with two attached hydrogens (primary N) is 1. The fraction of sp³-hybridized carbons (Fsp3) is 0.200. The molecule has 2 aromatic rings. The molecule has 0 saturated heterocycles. The number of anilines is 1. The summed E-state index contributed by atoms with van der Waals surface area (Å²) in [5.74, 6) is 0.0323. The van der Waals surface area contributed by atoms with Crippen LogP contribution in [-0.2, 0) is 4.79 Å². The van der Waals surface area contributed by atoms with E-state index in [-0.39, 0.29) is 0 Å². The van der Waals surface area contributed by atoms with Crippen molar-refractivity contribution in [2.24, 2.45) is 5.73 Å². The van der Waals surface area contributed by atoms with Gasteiger partial charge in [-0.1, -0.05) is 17.7 Å². The lowest BCUT2D eigenvalue weighted by atomic mass is 10.1. The monoisotopic (exact) mass is 271 g/mol. The first-order valence-corrected chi connectivity index (χ1v) is 6.22. The fourth-order valence-corrected chi connectivity index (χ4v) is 1.82. The highest BCUT2D eigenvalue weighted by Gasteiger charge is 2.18. The molecule has 1 aromatic carbocycles. The molecule has 5 heteroatoms. The minimum Gasteiger partial charge on any atom is -0.481 e. The van der Waals surface area contributed by atoms with Crippen LogP contribution >= 0.6 is 0 Å². The topological polar surface area (TPSA) is 77.2 Å². The number of carbonyl (C=O) groups is 1. The summed E-state index contributed by atoms with van der Waals surface area (Å²) >= 11 is 0. The van der Waals surface area contributed by atoms with Gasteiger partial charge in [0.2, 0.25) is 11.8 Å². The van der Waals surface area contributed by atoms with Crippen LogP contribution in [-0.4, -0.2) is 18.0 Å². The highest BCUT2D eigenvalue weighted by molar-refractivity contribution is 5.84. The normalized spacial score (nSPS) is 11.7. The Morgan fingerprint density at radius 3 is 2.45 bits per heavy atom. The van der Waals surface area contributed by atoms with E-state index in [4.69, 9.17) is 10.5 Å². The van der Waals surface area contributed by atoms with Gasteiger partial charge in [0.15, 0.2) is 0 Å². The first-order chi connectivity index (χ1) is 9.60. The first-order valence-electron chi connectivity index (χ1n) is 6.22. The van der Waals surface area contributed by atoms with Crippen molar-refractivity contribution >= 4 is 11.6 Å². The zero-order valence-electron chi connectivity index (χ0n) is 11.5. The molecule has 0 aliphatic carbocycles. The molecule has 1 atom stereocenters. The van der Waals surface area contributed by atoms with E-state index in [1.165, 1.54) is 7.11 Å². The Morgan fingerprint density at radius 1 is 1.25 bits per heavy atom. The SMILES string of the molecule is COc1ccc(C(Nc2ccc(C)cc2)C(N)=O)cn1. The summed E-state index contributed by atoms with van der Waals surface area (Å²) in [6, 6.07) is 10.6. The van der Waals surface area contributed by atoms with Crippen molar-refractivity contribution in [3.05, 3.63) is 53.7 Å². The standard InChI is InChI=1S/C15H17N3O2/c1-10-3-6-12(7-4-10)18-14(15(16)19)11-5-8-13(20-2)17-9-11/h3-9,14,18H,1-2H3,(H2,16,19). The molecule has 104 valence electrons. The highest BCUT2D eigenvalue weighted by Crippen LogP contribution is 2.20. The first kappa shape index (κ1) is 13.9. The predicted molar refractivity (Wildman–Crippen MR) is 77.5 cm³/mol. The van der Waals surface area contributed by atoms with Crippen LogP contribution in [0.3, 0.4) is 0 Å². The van der Waals surface area contributed by atoms with E-state index >= 15 is 0 Å². The average molecular weight is 271 g/mol. The van der Waals surface area contributed by atoms with Gasteiger partial charge >= 0.3 is 0 Å². The van der Waals surface area contributed by atoms with Gasteiger partial charge in [-0.15, -0.1) is 0 Å². The van der Waals surface area contributed by atoms with Crippen LogP contribution in [0.15, 0.2) is 42.6 Å². The molecule has 0 fully saturated rings. The van der Waals surface area contributed by atoms with E-state index < -0.39 is 11.9 Å². The van der Waals surface area contributed by atoms with Crippen molar-refractivity contribution < 1.29 is 9.53 Å². The number of aromatic nitrogens is 1. The summed E-state index contributed by atoms with van der Waals surface area (Å²) in [4.78, 5) is 15.7. The van der Waals surface area contributed by atoms with Gasteiger partial charge in [-0.2, -0.15) is 0 Å². The number of hydrogen-bond acceptors (Lipinski definition) is 4. The molecule has 1 amide bonds. The molecule has 20 heavy (non-hydrogen) atoms. The number of hydrogen-bond donors (Lipinski definition) is 2. The van der Waals surface area contributed by atoms with E-state index in [2.05, 4.69) is 10.3 Å². The van der Waals surface area contributed by atoms with Gasteiger partial charge in [-0.25, -0.2) is 4.98 Å². The number of amides is 1. The highest BCUT2D eigenvalue weighted by atomic mass is 16.5. The lowest BCUT2D eigenvalue weighted by Gasteiger charge is -2.17. The molecule has 0 bridgehead atoms. The largest absolute Gasteiger partial charge is 0.481 e. The minimum absolute atomic E-state index is 0.461. The second-order valence-corrected chi connectivity index (χ2v) is 4.48. The summed E-state index contributed by atoms with van der Waals surface area (Å²) in [6.07, 6.45) is 1.58. The third kappa shape index (κ3) is 3.26. The molecule has 0 spiro atoms. The molecule has 3 N–H and O–H groups in total. The molecule has 0 radical (unpaired) electrons. The van der Waals surface area contributed by atoms with Gasteiger partial charge in [-0.3, -0.25) is 4.79 Å². The maximum absolute atomic E-state index is 11.6. The number of methoxy groups -OCH3 is 1. The lowest BCUT2D eigenvalue weighted by molar-refractivity contribution is -0.118. The number of pyridine rings is 1. The molecule has 0 saturated carbocycles. The van der Waals surface area contributed by atoms with Gasteiger partial charge in [-0.05, 0) is 25.1 Å². The number of ether oxygens (including phenoxy) is 1. The summed E-state index contributed by atoms with van der Waals surface area (Å²) in [6.45, 7) is 2.00. The Morgan fingerprint density at radius 2 is 1.95 bits per heavy atom. The summed E-state index contributed by atoms with van der Waals surface area (Å²) < 4.78 is 4.99. The number of aryl methyl sites for hydroxylation is 1. The van der Waals surface area contributed by atoms with Crippen molar-refractivity contribution in [2.45, 2.75) is 13.0 Å². The zero-order valence-corrected chi connectivity index (χ0v) is 11.5. The van der Waals surface area contributed by atoms with Crippen LogP contribution in [0.1, 0.15) is 17.2 Å². The Labute approximate surface area is 117 Å². The molecule has 1 heterocycles. The van der Waals surface area contributed by atoms with Crippen LogP contribution in [0.4, 0.5) is 5.69 Å². The Hall–Kier alpha value is -2.56. The van der Waals surface area contributed by atoms with Crippen LogP contribution in [0.5, 0.6) is 5.88 Å². The number of nitrogens with one attached hydrogen (secondary N) is 1. The van der Waals surface area contributed by atoms with Crippen molar-refractivity contribution in [2.75, 3.05) is 12.4 Å². The van der Waals surface area contributed by atoms with Gasteiger partial charge in [0, 0.05) is 23.5 Å². The van der Waals surface area contributed by atoms with Gasteiger partial charge in [0.05, 0.1) is 7.11 Å². The summed E-state index contributed by atoms with van der Waals surface area (Å²) in [5.41, 5.74) is 8.13.